The normalized spacial score (nSPS) is 9.19. The summed E-state index contributed by atoms with van der Waals surface area (Å²) in [4.78, 5) is 0. The van der Waals surface area contributed by atoms with E-state index in [1.807, 2.05) is 27.7 Å². The summed E-state index contributed by atoms with van der Waals surface area (Å²) < 4.78 is 0. The molecule has 0 heterocycles. The van der Waals surface area contributed by atoms with Crippen LogP contribution in [0.25, 0.3) is 21.9 Å². The van der Waals surface area contributed by atoms with Crippen LogP contribution in [0.1, 0.15) is 33.3 Å². The van der Waals surface area contributed by atoms with Gasteiger partial charge in [0.25, 0.3) is 0 Å². The van der Waals surface area contributed by atoms with Gasteiger partial charge in [-0.15, -0.1) is 0 Å². The maximum absolute atomic E-state index is 2.25. The minimum atomic E-state index is 1.28. The SMILES string of the molecule is CC.CC.Cc1ccc(-c2ccc3ccccc3c2)cc1. The van der Waals surface area contributed by atoms with Gasteiger partial charge in [-0.05, 0) is 34.9 Å². The summed E-state index contributed by atoms with van der Waals surface area (Å²) in [6, 6.07) is 23.8. The second-order valence-corrected chi connectivity index (χ2v) is 4.43. The second-order valence-electron chi connectivity index (χ2n) is 4.43. The molecule has 0 nitrogen and oxygen atoms in total. The number of rotatable bonds is 1. The van der Waals surface area contributed by atoms with Crippen LogP contribution in [0.2, 0.25) is 0 Å². The molecule has 0 radical (unpaired) electrons. The van der Waals surface area contributed by atoms with Gasteiger partial charge in [-0.3, -0.25) is 0 Å². The van der Waals surface area contributed by atoms with E-state index in [1.54, 1.807) is 0 Å². The van der Waals surface area contributed by atoms with Gasteiger partial charge in [0, 0.05) is 0 Å². The fourth-order valence-corrected chi connectivity index (χ4v) is 2.11. The van der Waals surface area contributed by atoms with Crippen LogP contribution in [0.15, 0.2) is 66.7 Å². The van der Waals surface area contributed by atoms with Crippen LogP contribution >= 0.6 is 0 Å². The molecule has 0 saturated carbocycles. The first-order chi connectivity index (χ1) is 10.3. The Labute approximate surface area is 129 Å². The number of fused-ring (bicyclic) bond motifs is 1. The van der Waals surface area contributed by atoms with Gasteiger partial charge in [0.2, 0.25) is 0 Å². The van der Waals surface area contributed by atoms with Crippen molar-refractivity contribution in [3.8, 4) is 11.1 Å². The van der Waals surface area contributed by atoms with Crippen LogP contribution < -0.4 is 0 Å². The van der Waals surface area contributed by atoms with Crippen molar-refractivity contribution in [2.24, 2.45) is 0 Å². The number of hydrogen-bond acceptors (Lipinski definition) is 0. The van der Waals surface area contributed by atoms with E-state index in [0.717, 1.165) is 0 Å². The fraction of sp³-hybridized carbons (Fsp3) is 0.238. The molecule has 0 unspecified atom stereocenters. The number of aryl methyl sites for hydroxylation is 1. The molecule has 0 aliphatic carbocycles. The van der Waals surface area contributed by atoms with Crippen molar-refractivity contribution in [3.63, 3.8) is 0 Å². The minimum Gasteiger partial charge on any atom is -0.0683 e. The summed E-state index contributed by atoms with van der Waals surface area (Å²) in [5.41, 5.74) is 3.86. The fourth-order valence-electron chi connectivity index (χ4n) is 2.11. The Bertz CT molecular complexity index is 648. The predicted octanol–water partition coefficient (Wildman–Crippen LogP) is 6.87. The minimum absolute atomic E-state index is 1.28. The molecule has 0 amide bonds. The lowest BCUT2D eigenvalue weighted by atomic mass is 10.0. The van der Waals surface area contributed by atoms with Crippen LogP contribution in [0.3, 0.4) is 0 Å². The Morgan fingerprint density at radius 1 is 0.524 bits per heavy atom. The number of hydrogen-bond donors (Lipinski definition) is 0. The van der Waals surface area contributed by atoms with E-state index in [2.05, 4.69) is 73.7 Å². The molecule has 0 heteroatoms. The van der Waals surface area contributed by atoms with Gasteiger partial charge in [-0.2, -0.15) is 0 Å². The zero-order valence-corrected chi connectivity index (χ0v) is 13.9. The largest absolute Gasteiger partial charge is 0.0683 e. The van der Waals surface area contributed by atoms with Crippen LogP contribution in [-0.4, -0.2) is 0 Å². The Kier molecular flexibility index (Phi) is 7.25. The van der Waals surface area contributed by atoms with E-state index in [4.69, 9.17) is 0 Å². The molecule has 0 atom stereocenters. The topological polar surface area (TPSA) is 0 Å². The molecule has 0 aliphatic heterocycles. The first-order valence-electron chi connectivity index (χ1n) is 7.89. The van der Waals surface area contributed by atoms with E-state index in [-0.39, 0.29) is 0 Å². The maximum atomic E-state index is 2.25. The summed E-state index contributed by atoms with van der Waals surface area (Å²) in [6.45, 7) is 10.1. The molecular formula is C21H26. The van der Waals surface area contributed by atoms with Crippen molar-refractivity contribution < 1.29 is 0 Å². The number of benzene rings is 3. The van der Waals surface area contributed by atoms with Gasteiger partial charge in [0.1, 0.15) is 0 Å². The highest BCUT2D eigenvalue weighted by molar-refractivity contribution is 5.87. The average molecular weight is 278 g/mol. The van der Waals surface area contributed by atoms with E-state index >= 15 is 0 Å². The lowest BCUT2D eigenvalue weighted by Crippen LogP contribution is -1.79. The summed E-state index contributed by atoms with van der Waals surface area (Å²) in [7, 11) is 0. The monoisotopic (exact) mass is 278 g/mol. The summed E-state index contributed by atoms with van der Waals surface area (Å²) in [5.74, 6) is 0. The smallest absolute Gasteiger partial charge is 0.0178 e. The molecule has 0 fully saturated rings. The van der Waals surface area contributed by atoms with Crippen LogP contribution in [0, 0.1) is 6.92 Å². The third-order valence-electron chi connectivity index (χ3n) is 3.13. The molecule has 110 valence electrons. The van der Waals surface area contributed by atoms with Gasteiger partial charge in [0.15, 0.2) is 0 Å². The van der Waals surface area contributed by atoms with Crippen LogP contribution in [0.5, 0.6) is 0 Å². The van der Waals surface area contributed by atoms with Gasteiger partial charge in [-0.25, -0.2) is 0 Å². The Hall–Kier alpha value is -2.08. The standard InChI is InChI=1S/C17H14.2C2H6/c1-13-6-8-15(9-7-13)17-11-10-14-4-2-3-5-16(14)12-17;2*1-2/h2-12H,1H3;2*1-2H3. The van der Waals surface area contributed by atoms with Gasteiger partial charge in [-0.1, -0.05) is 93.9 Å². The van der Waals surface area contributed by atoms with E-state index in [9.17, 15) is 0 Å². The average Bonchev–Trinajstić information content (AvgIpc) is 2.59. The molecular weight excluding hydrogens is 252 g/mol. The molecule has 21 heavy (non-hydrogen) atoms. The lowest BCUT2D eigenvalue weighted by molar-refractivity contribution is 1.47. The molecule has 0 saturated heterocycles. The predicted molar refractivity (Wildman–Crippen MR) is 96.8 cm³/mol. The third-order valence-corrected chi connectivity index (χ3v) is 3.13. The maximum Gasteiger partial charge on any atom is -0.0178 e. The van der Waals surface area contributed by atoms with Crippen molar-refractivity contribution in [1.82, 2.24) is 0 Å². The first kappa shape index (κ1) is 17.0. The molecule has 3 rings (SSSR count). The molecule has 3 aromatic rings. The third kappa shape index (κ3) is 4.46. The zero-order valence-electron chi connectivity index (χ0n) is 13.9. The zero-order chi connectivity index (χ0) is 15.7. The Morgan fingerprint density at radius 2 is 1.05 bits per heavy atom. The van der Waals surface area contributed by atoms with E-state index in [1.165, 1.54) is 27.5 Å². The van der Waals surface area contributed by atoms with Crippen molar-refractivity contribution in [2.45, 2.75) is 34.6 Å². The van der Waals surface area contributed by atoms with Crippen molar-refractivity contribution >= 4 is 10.8 Å². The highest BCUT2D eigenvalue weighted by Gasteiger charge is 1.98. The van der Waals surface area contributed by atoms with Gasteiger partial charge >= 0.3 is 0 Å². The molecule has 0 aromatic heterocycles. The van der Waals surface area contributed by atoms with Crippen molar-refractivity contribution in [2.75, 3.05) is 0 Å². The Morgan fingerprint density at radius 3 is 1.67 bits per heavy atom. The Balaban J connectivity index is 0.000000510. The summed E-state index contributed by atoms with van der Waals surface area (Å²) >= 11 is 0. The van der Waals surface area contributed by atoms with Crippen LogP contribution in [-0.2, 0) is 0 Å². The van der Waals surface area contributed by atoms with E-state index in [0.29, 0.717) is 0 Å². The lowest BCUT2D eigenvalue weighted by Gasteiger charge is -2.04. The van der Waals surface area contributed by atoms with Crippen LogP contribution in [0.4, 0.5) is 0 Å². The van der Waals surface area contributed by atoms with Crippen molar-refractivity contribution in [1.29, 1.82) is 0 Å². The van der Waals surface area contributed by atoms with E-state index < -0.39 is 0 Å². The summed E-state index contributed by atoms with van der Waals surface area (Å²) in [5, 5.41) is 2.59. The quantitative estimate of drug-likeness (QED) is 0.455. The highest BCUT2D eigenvalue weighted by Crippen LogP contribution is 2.24. The summed E-state index contributed by atoms with van der Waals surface area (Å²) in [6.07, 6.45) is 0. The molecule has 0 bridgehead atoms. The van der Waals surface area contributed by atoms with Crippen molar-refractivity contribution in [3.05, 3.63) is 72.3 Å². The molecule has 0 aliphatic rings. The molecule has 3 aromatic carbocycles. The van der Waals surface area contributed by atoms with Gasteiger partial charge in [0.05, 0.1) is 0 Å². The highest BCUT2D eigenvalue weighted by atomic mass is 14.0. The first-order valence-corrected chi connectivity index (χ1v) is 7.89. The molecule has 0 spiro atoms. The molecule has 0 N–H and O–H groups in total. The van der Waals surface area contributed by atoms with Gasteiger partial charge < -0.3 is 0 Å². The second kappa shape index (κ2) is 8.97.